The Morgan fingerprint density at radius 3 is 2.51 bits per heavy atom. The number of alkyl halides is 5. The van der Waals surface area contributed by atoms with Gasteiger partial charge in [0.05, 0.1) is 16.7 Å². The summed E-state index contributed by atoms with van der Waals surface area (Å²) in [6.45, 7) is 3.34. The minimum absolute atomic E-state index is 0.00406. The number of esters is 2. The van der Waals surface area contributed by atoms with Crippen molar-refractivity contribution in [2.75, 3.05) is 31.1 Å². The molecule has 2 aliphatic rings. The number of ether oxygens (including phenoxy) is 2. The molecule has 14 heteroatoms. The average Bonchev–Trinajstić information content (AvgIpc) is 3.36. The third-order valence-electron chi connectivity index (χ3n) is 7.05. The molecule has 0 radical (unpaired) electrons. The van der Waals surface area contributed by atoms with Gasteiger partial charge in [0.2, 0.25) is 5.43 Å². The Balaban J connectivity index is 1.88. The second-order valence-electron chi connectivity index (χ2n) is 9.68. The summed E-state index contributed by atoms with van der Waals surface area (Å²) >= 11 is 0. The molecule has 2 atom stereocenters. The van der Waals surface area contributed by atoms with E-state index < -0.39 is 57.9 Å². The fraction of sp³-hybridized carbons (Fsp3) is 0.522. The summed E-state index contributed by atoms with van der Waals surface area (Å²) in [6.07, 6.45) is -7.36. The van der Waals surface area contributed by atoms with Crippen molar-refractivity contribution in [3.8, 4) is 0 Å². The van der Waals surface area contributed by atoms with Gasteiger partial charge in [-0.15, -0.1) is 0 Å². The lowest BCUT2D eigenvalue weighted by molar-refractivity contribution is -0.193. The topological polar surface area (TPSA) is 104 Å². The maximum absolute atomic E-state index is 15.3. The number of nitrogens with zero attached hydrogens (tertiary/aromatic N) is 2. The lowest BCUT2D eigenvalue weighted by Gasteiger charge is -2.31. The SMILES string of the molecule is CC(C)(C(F)F)n1cc(C(=O)OC(=O)C(F)(F)F)c(=O)c2cc(F)c(N3CC4CCOC4(CN)C3)cc21. The number of carbonyl (C=O) groups excluding carboxylic acids is 2. The van der Waals surface area contributed by atoms with E-state index in [0.29, 0.717) is 25.8 Å². The largest absolute Gasteiger partial charge is 0.491 e. The normalized spacial score (nSPS) is 22.1. The van der Waals surface area contributed by atoms with Crippen LogP contribution in [0.1, 0.15) is 30.6 Å². The molecular formula is C23H23F6N3O5. The molecule has 2 N–H and O–H groups in total. The Morgan fingerprint density at radius 1 is 1.27 bits per heavy atom. The lowest BCUT2D eigenvalue weighted by atomic mass is 9.91. The van der Waals surface area contributed by atoms with Gasteiger partial charge in [-0.25, -0.2) is 22.8 Å². The van der Waals surface area contributed by atoms with E-state index >= 15 is 4.39 Å². The molecule has 2 aliphatic heterocycles. The van der Waals surface area contributed by atoms with Crippen molar-refractivity contribution >= 4 is 28.5 Å². The van der Waals surface area contributed by atoms with E-state index in [0.717, 1.165) is 30.5 Å². The maximum Gasteiger partial charge on any atom is 0.491 e. The third kappa shape index (κ3) is 4.45. The van der Waals surface area contributed by atoms with Gasteiger partial charge in [-0.3, -0.25) is 4.79 Å². The fourth-order valence-electron chi connectivity index (χ4n) is 4.85. The van der Waals surface area contributed by atoms with Gasteiger partial charge >= 0.3 is 18.1 Å². The van der Waals surface area contributed by atoms with E-state index in [9.17, 15) is 36.3 Å². The van der Waals surface area contributed by atoms with Crippen LogP contribution >= 0.6 is 0 Å². The predicted molar refractivity (Wildman–Crippen MR) is 118 cm³/mol. The van der Waals surface area contributed by atoms with Crippen molar-refractivity contribution in [2.24, 2.45) is 11.7 Å². The molecule has 0 amide bonds. The van der Waals surface area contributed by atoms with Crippen LogP contribution < -0.4 is 16.1 Å². The van der Waals surface area contributed by atoms with E-state index in [4.69, 9.17) is 10.5 Å². The highest BCUT2D eigenvalue weighted by Crippen LogP contribution is 2.41. The molecular weight excluding hydrogens is 512 g/mol. The minimum Gasteiger partial charge on any atom is -0.382 e. The van der Waals surface area contributed by atoms with Crippen molar-refractivity contribution in [3.63, 3.8) is 0 Å². The molecule has 0 saturated carbocycles. The van der Waals surface area contributed by atoms with Gasteiger partial charge in [0.1, 0.15) is 17.0 Å². The quantitative estimate of drug-likeness (QED) is 0.357. The van der Waals surface area contributed by atoms with E-state index in [-0.39, 0.29) is 30.2 Å². The van der Waals surface area contributed by atoms with Crippen LogP contribution in [-0.2, 0) is 19.8 Å². The van der Waals surface area contributed by atoms with Gasteiger partial charge in [0.25, 0.3) is 6.43 Å². The van der Waals surface area contributed by atoms with Gasteiger partial charge in [0.15, 0.2) is 0 Å². The third-order valence-corrected chi connectivity index (χ3v) is 7.05. The first-order valence-electron chi connectivity index (χ1n) is 11.2. The molecule has 3 heterocycles. The van der Waals surface area contributed by atoms with Gasteiger partial charge in [-0.1, -0.05) is 0 Å². The summed E-state index contributed by atoms with van der Waals surface area (Å²) in [7, 11) is 0. The van der Waals surface area contributed by atoms with Gasteiger partial charge in [-0.05, 0) is 32.4 Å². The second-order valence-corrected chi connectivity index (χ2v) is 9.68. The van der Waals surface area contributed by atoms with Crippen LogP contribution in [0.25, 0.3) is 10.9 Å². The van der Waals surface area contributed by atoms with Crippen molar-refractivity contribution < 1.29 is 45.4 Å². The lowest BCUT2D eigenvalue weighted by Crippen LogP contribution is -2.44. The Kier molecular flexibility index (Phi) is 6.56. The Labute approximate surface area is 205 Å². The number of nitrogens with two attached hydrogens (primary N) is 1. The number of halogens is 6. The van der Waals surface area contributed by atoms with E-state index in [1.165, 1.54) is 0 Å². The molecule has 2 aromatic rings. The number of hydrogen-bond acceptors (Lipinski definition) is 7. The molecule has 2 saturated heterocycles. The Morgan fingerprint density at radius 2 is 1.95 bits per heavy atom. The molecule has 0 spiro atoms. The summed E-state index contributed by atoms with van der Waals surface area (Å²) in [5.41, 5.74) is 0.419. The van der Waals surface area contributed by atoms with Gasteiger partial charge < -0.3 is 24.7 Å². The van der Waals surface area contributed by atoms with E-state index in [2.05, 4.69) is 4.74 Å². The molecule has 1 aromatic carbocycles. The molecule has 0 aliphatic carbocycles. The van der Waals surface area contributed by atoms with Crippen molar-refractivity contribution in [2.45, 2.75) is 44.0 Å². The molecule has 202 valence electrons. The van der Waals surface area contributed by atoms with Gasteiger partial charge in [-0.2, -0.15) is 13.2 Å². The average molecular weight is 535 g/mol. The standard InChI is InChI=1S/C23H23F6N3O5/c1-21(2,19(25)26)32-8-13(18(34)37-20(35)23(27,28)29)17(33)12-5-14(24)16(6-15(12)32)31-7-11-3-4-36-22(11,9-30)10-31/h5-6,8,11,19H,3-4,7,9-10,30H2,1-2H3. The van der Waals surface area contributed by atoms with Crippen LogP contribution in [0.4, 0.5) is 32.0 Å². The Bertz CT molecular complexity index is 1320. The fourth-order valence-corrected chi connectivity index (χ4v) is 4.85. The summed E-state index contributed by atoms with van der Waals surface area (Å²) in [5, 5.41) is -0.562. The van der Waals surface area contributed by atoms with Crippen molar-refractivity contribution in [1.82, 2.24) is 4.57 Å². The monoisotopic (exact) mass is 535 g/mol. The van der Waals surface area contributed by atoms with Crippen molar-refractivity contribution in [1.29, 1.82) is 0 Å². The second kappa shape index (κ2) is 9.01. The van der Waals surface area contributed by atoms with Crippen LogP contribution in [0.5, 0.6) is 0 Å². The van der Waals surface area contributed by atoms with E-state index in [1.807, 2.05) is 0 Å². The summed E-state index contributed by atoms with van der Waals surface area (Å²) in [5.74, 6) is -5.84. The number of anilines is 1. The Hall–Kier alpha value is -3.13. The number of hydrogen-bond donors (Lipinski definition) is 1. The van der Waals surface area contributed by atoms with Crippen LogP contribution in [0.3, 0.4) is 0 Å². The maximum atomic E-state index is 15.3. The molecule has 37 heavy (non-hydrogen) atoms. The first kappa shape index (κ1) is 26.9. The number of aromatic nitrogens is 1. The number of benzene rings is 1. The summed E-state index contributed by atoms with van der Waals surface area (Å²) in [4.78, 5) is 38.0. The molecule has 1 aromatic heterocycles. The molecule has 2 fully saturated rings. The van der Waals surface area contributed by atoms with Crippen LogP contribution in [0.2, 0.25) is 0 Å². The highest BCUT2D eigenvalue weighted by Gasteiger charge is 2.50. The van der Waals surface area contributed by atoms with Crippen molar-refractivity contribution in [3.05, 3.63) is 39.9 Å². The first-order valence-corrected chi connectivity index (χ1v) is 11.2. The number of pyridine rings is 1. The summed E-state index contributed by atoms with van der Waals surface area (Å²) < 4.78 is 91.4. The zero-order valence-electron chi connectivity index (χ0n) is 19.7. The predicted octanol–water partition coefficient (Wildman–Crippen LogP) is 2.94. The zero-order valence-corrected chi connectivity index (χ0v) is 19.7. The smallest absolute Gasteiger partial charge is 0.382 e. The van der Waals surface area contributed by atoms with E-state index in [1.54, 1.807) is 4.90 Å². The minimum atomic E-state index is -5.55. The van der Waals surface area contributed by atoms with Crippen LogP contribution in [0.15, 0.2) is 23.1 Å². The number of fused-ring (bicyclic) bond motifs is 2. The number of rotatable bonds is 5. The number of carbonyl (C=O) groups is 2. The zero-order chi connectivity index (χ0) is 27.5. The van der Waals surface area contributed by atoms with Crippen LogP contribution in [0, 0.1) is 11.7 Å². The molecule has 8 nitrogen and oxygen atoms in total. The van der Waals surface area contributed by atoms with Crippen LogP contribution in [-0.4, -0.2) is 60.9 Å². The molecule has 2 unspecified atom stereocenters. The van der Waals surface area contributed by atoms with Gasteiger partial charge in [0, 0.05) is 43.7 Å². The first-order chi connectivity index (χ1) is 17.1. The highest BCUT2D eigenvalue weighted by atomic mass is 19.4. The summed E-state index contributed by atoms with van der Waals surface area (Å²) in [6, 6.07) is 1.88. The molecule has 0 bridgehead atoms. The highest BCUT2D eigenvalue weighted by molar-refractivity contribution is 6.00. The molecule has 4 rings (SSSR count).